The van der Waals surface area contributed by atoms with Crippen LogP contribution in [0.5, 0.6) is 0 Å². The van der Waals surface area contributed by atoms with E-state index in [9.17, 15) is 8.42 Å². The van der Waals surface area contributed by atoms with Crippen molar-refractivity contribution in [3.05, 3.63) is 39.8 Å². The van der Waals surface area contributed by atoms with Crippen LogP contribution in [0.3, 0.4) is 0 Å². The second-order valence-corrected chi connectivity index (χ2v) is 6.59. The lowest BCUT2D eigenvalue weighted by atomic mass is 10.3. The van der Waals surface area contributed by atoms with Gasteiger partial charge in [0.25, 0.3) is 0 Å². The summed E-state index contributed by atoms with van der Waals surface area (Å²) in [6.45, 7) is 0.155. The van der Waals surface area contributed by atoms with Crippen LogP contribution >= 0.6 is 22.9 Å². The van der Waals surface area contributed by atoms with Gasteiger partial charge in [-0.2, -0.15) is 0 Å². The van der Waals surface area contributed by atoms with Gasteiger partial charge in [-0.1, -0.05) is 11.6 Å². The van der Waals surface area contributed by atoms with Crippen LogP contribution < -0.4 is 10.5 Å². The first kappa shape index (κ1) is 13.3. The van der Waals surface area contributed by atoms with Gasteiger partial charge in [-0.3, -0.25) is 0 Å². The molecule has 1 aromatic carbocycles. The van der Waals surface area contributed by atoms with E-state index in [1.807, 2.05) is 0 Å². The van der Waals surface area contributed by atoms with Crippen molar-refractivity contribution in [2.75, 3.05) is 5.73 Å². The summed E-state index contributed by atoms with van der Waals surface area (Å²) < 4.78 is 26.4. The number of nitrogens with two attached hydrogens (primary N) is 1. The van der Waals surface area contributed by atoms with Crippen molar-refractivity contribution in [3.8, 4) is 0 Å². The van der Waals surface area contributed by atoms with Crippen LogP contribution in [0.4, 0.5) is 5.69 Å². The number of thiazole rings is 1. The number of anilines is 1. The molecule has 1 heterocycles. The van der Waals surface area contributed by atoms with Crippen molar-refractivity contribution < 1.29 is 8.42 Å². The Kier molecular flexibility index (Phi) is 3.86. The molecule has 0 aliphatic rings. The van der Waals surface area contributed by atoms with E-state index in [0.717, 1.165) is 0 Å². The number of sulfonamides is 1. The molecule has 0 radical (unpaired) electrons. The summed E-state index contributed by atoms with van der Waals surface area (Å²) in [5.41, 5.74) is 5.80. The van der Waals surface area contributed by atoms with Crippen LogP contribution in [0.1, 0.15) is 5.01 Å². The molecule has 0 unspecified atom stereocenters. The Hall–Kier alpha value is -1.15. The van der Waals surface area contributed by atoms with Crippen LogP contribution in [0.2, 0.25) is 5.02 Å². The van der Waals surface area contributed by atoms with Gasteiger partial charge in [-0.05, 0) is 18.2 Å². The normalized spacial score (nSPS) is 11.6. The first-order valence-electron chi connectivity index (χ1n) is 4.92. The zero-order valence-electron chi connectivity index (χ0n) is 9.13. The first-order chi connectivity index (χ1) is 8.49. The van der Waals surface area contributed by atoms with Crippen LogP contribution in [0.15, 0.2) is 34.7 Å². The van der Waals surface area contributed by atoms with E-state index < -0.39 is 10.0 Å². The molecular weight excluding hydrogens is 294 g/mol. The molecule has 0 atom stereocenters. The topological polar surface area (TPSA) is 85.1 Å². The lowest BCUT2D eigenvalue weighted by Crippen LogP contribution is -2.23. The molecule has 0 amide bonds. The van der Waals surface area contributed by atoms with Gasteiger partial charge in [0, 0.05) is 11.6 Å². The number of hydrogen-bond donors (Lipinski definition) is 2. The highest BCUT2D eigenvalue weighted by Crippen LogP contribution is 2.22. The number of hydrogen-bond acceptors (Lipinski definition) is 5. The monoisotopic (exact) mass is 303 g/mol. The third kappa shape index (κ3) is 2.99. The molecular formula is C10H10ClN3O2S2. The highest BCUT2D eigenvalue weighted by atomic mass is 35.5. The molecule has 1 aromatic heterocycles. The summed E-state index contributed by atoms with van der Waals surface area (Å²) in [5, 5.41) is 2.80. The van der Waals surface area contributed by atoms with Crippen molar-refractivity contribution in [1.82, 2.24) is 9.71 Å². The molecule has 8 heteroatoms. The number of rotatable bonds is 4. The Morgan fingerprint density at radius 1 is 1.44 bits per heavy atom. The van der Waals surface area contributed by atoms with Crippen molar-refractivity contribution in [2.24, 2.45) is 0 Å². The summed E-state index contributed by atoms with van der Waals surface area (Å²) in [5.74, 6) is 0. The number of nitrogen functional groups attached to an aromatic ring is 1. The third-order valence-corrected chi connectivity index (χ3v) is 4.70. The highest BCUT2D eigenvalue weighted by Gasteiger charge is 2.15. The minimum Gasteiger partial charge on any atom is -0.397 e. The molecule has 3 N–H and O–H groups in total. The largest absolute Gasteiger partial charge is 0.397 e. The van der Waals surface area contributed by atoms with Gasteiger partial charge in [0.1, 0.15) is 5.01 Å². The number of aromatic nitrogens is 1. The zero-order valence-corrected chi connectivity index (χ0v) is 11.5. The second kappa shape index (κ2) is 5.23. The minimum absolute atomic E-state index is 0.0842. The molecule has 0 fully saturated rings. The van der Waals surface area contributed by atoms with Crippen molar-refractivity contribution >= 4 is 38.6 Å². The maximum atomic E-state index is 12.0. The predicted molar refractivity (Wildman–Crippen MR) is 72.0 cm³/mol. The summed E-state index contributed by atoms with van der Waals surface area (Å²) in [6, 6.07) is 4.18. The van der Waals surface area contributed by atoms with E-state index >= 15 is 0 Å². The maximum Gasteiger partial charge on any atom is 0.241 e. The lowest BCUT2D eigenvalue weighted by molar-refractivity contribution is 0.581. The van der Waals surface area contributed by atoms with Crippen molar-refractivity contribution in [3.63, 3.8) is 0 Å². The van der Waals surface area contributed by atoms with E-state index in [-0.39, 0.29) is 17.1 Å². The quantitative estimate of drug-likeness (QED) is 0.844. The molecule has 18 heavy (non-hydrogen) atoms. The van der Waals surface area contributed by atoms with Gasteiger partial charge in [0.15, 0.2) is 0 Å². The predicted octanol–water partition coefficient (Wildman–Crippen LogP) is 1.86. The molecule has 2 aromatic rings. The Morgan fingerprint density at radius 3 is 2.83 bits per heavy atom. The first-order valence-corrected chi connectivity index (χ1v) is 7.66. The molecule has 0 saturated carbocycles. The van der Waals surface area contributed by atoms with Gasteiger partial charge in [-0.15, -0.1) is 11.3 Å². The van der Waals surface area contributed by atoms with E-state index in [1.165, 1.54) is 29.5 Å². The van der Waals surface area contributed by atoms with Crippen LogP contribution in [0.25, 0.3) is 0 Å². The zero-order chi connectivity index (χ0) is 13.2. The molecule has 0 bridgehead atoms. The van der Waals surface area contributed by atoms with Crippen LogP contribution in [-0.4, -0.2) is 13.4 Å². The Labute approximate surface area is 114 Å². The van der Waals surface area contributed by atoms with E-state index in [4.69, 9.17) is 17.3 Å². The molecule has 5 nitrogen and oxygen atoms in total. The standard InChI is InChI=1S/C10H10ClN3O2S2/c11-8-2-1-7(5-9(8)12)18(15,16)14-6-10-13-3-4-17-10/h1-5,14H,6,12H2. The van der Waals surface area contributed by atoms with Crippen LogP contribution in [-0.2, 0) is 16.6 Å². The third-order valence-electron chi connectivity index (χ3n) is 2.17. The summed E-state index contributed by atoms with van der Waals surface area (Å²) >= 11 is 7.12. The number of nitrogens with zero attached hydrogens (tertiary/aromatic N) is 1. The number of benzene rings is 1. The average molecular weight is 304 g/mol. The average Bonchev–Trinajstić information content (AvgIpc) is 2.83. The van der Waals surface area contributed by atoms with Crippen molar-refractivity contribution in [1.29, 1.82) is 0 Å². The number of nitrogens with one attached hydrogen (secondary N) is 1. The fourth-order valence-corrected chi connectivity index (χ4v) is 3.06. The summed E-state index contributed by atoms with van der Waals surface area (Å²) in [7, 11) is -3.60. The Bertz CT molecular complexity index is 641. The van der Waals surface area contributed by atoms with Gasteiger partial charge in [-0.25, -0.2) is 18.1 Å². The van der Waals surface area contributed by atoms with E-state index in [0.29, 0.717) is 10.0 Å². The van der Waals surface area contributed by atoms with Crippen molar-refractivity contribution in [2.45, 2.75) is 11.4 Å². The van der Waals surface area contributed by atoms with Gasteiger partial charge in [0.2, 0.25) is 10.0 Å². The molecule has 2 rings (SSSR count). The minimum atomic E-state index is -3.60. The van der Waals surface area contributed by atoms with E-state index in [2.05, 4.69) is 9.71 Å². The van der Waals surface area contributed by atoms with Crippen LogP contribution in [0, 0.1) is 0 Å². The Balaban J connectivity index is 2.17. The lowest BCUT2D eigenvalue weighted by Gasteiger charge is -2.06. The van der Waals surface area contributed by atoms with Gasteiger partial charge >= 0.3 is 0 Å². The molecule has 96 valence electrons. The maximum absolute atomic E-state index is 12.0. The SMILES string of the molecule is Nc1cc(S(=O)(=O)NCc2nccs2)ccc1Cl. The molecule has 0 spiro atoms. The molecule has 0 aliphatic carbocycles. The molecule has 0 saturated heterocycles. The fraction of sp³-hybridized carbons (Fsp3) is 0.100. The molecule has 0 aliphatic heterocycles. The van der Waals surface area contributed by atoms with E-state index in [1.54, 1.807) is 11.6 Å². The second-order valence-electron chi connectivity index (χ2n) is 3.43. The summed E-state index contributed by atoms with van der Waals surface area (Å²) in [4.78, 5) is 4.07. The summed E-state index contributed by atoms with van der Waals surface area (Å²) in [6.07, 6.45) is 1.62. The Morgan fingerprint density at radius 2 is 2.22 bits per heavy atom. The van der Waals surface area contributed by atoms with Gasteiger partial charge in [0.05, 0.1) is 22.2 Å². The number of halogens is 1. The van der Waals surface area contributed by atoms with Gasteiger partial charge < -0.3 is 5.73 Å². The fourth-order valence-electron chi connectivity index (χ4n) is 1.27. The highest BCUT2D eigenvalue weighted by molar-refractivity contribution is 7.89. The smallest absolute Gasteiger partial charge is 0.241 e.